The third-order valence-electron chi connectivity index (χ3n) is 4.38. The molecule has 6 nitrogen and oxygen atoms in total. The molecule has 0 radical (unpaired) electrons. The number of anilines is 1. The summed E-state index contributed by atoms with van der Waals surface area (Å²) in [6.45, 7) is 2.50. The van der Waals surface area contributed by atoms with Gasteiger partial charge in [0.05, 0.1) is 14.2 Å². The molecular weight excluding hydrogens is 356 g/mol. The van der Waals surface area contributed by atoms with E-state index in [-0.39, 0.29) is 0 Å². The minimum absolute atomic E-state index is 0.345. The molecule has 0 aliphatic rings. The molecule has 0 aliphatic heterocycles. The highest BCUT2D eigenvalue weighted by molar-refractivity contribution is 6.39. The lowest BCUT2D eigenvalue weighted by Gasteiger charge is -2.10. The lowest BCUT2D eigenvalue weighted by molar-refractivity contribution is -0.136. The van der Waals surface area contributed by atoms with Gasteiger partial charge in [0.25, 0.3) is 0 Å². The van der Waals surface area contributed by atoms with Crippen molar-refractivity contribution >= 4 is 17.5 Å². The van der Waals surface area contributed by atoms with E-state index in [1.54, 1.807) is 14.2 Å². The van der Waals surface area contributed by atoms with Gasteiger partial charge >= 0.3 is 11.8 Å². The molecule has 0 unspecified atom stereocenters. The average Bonchev–Trinajstić information content (AvgIpc) is 2.72. The predicted molar refractivity (Wildman–Crippen MR) is 110 cm³/mol. The van der Waals surface area contributed by atoms with Crippen LogP contribution in [0.15, 0.2) is 42.5 Å². The summed E-state index contributed by atoms with van der Waals surface area (Å²) in [6, 6.07) is 13.1. The van der Waals surface area contributed by atoms with E-state index in [1.807, 2.05) is 42.5 Å². The quantitative estimate of drug-likeness (QED) is 0.650. The number of carbonyl (C=O) groups excluding carboxylic acids is 2. The third kappa shape index (κ3) is 6.30. The van der Waals surface area contributed by atoms with E-state index >= 15 is 0 Å². The van der Waals surface area contributed by atoms with Crippen LogP contribution in [-0.4, -0.2) is 32.6 Å². The zero-order chi connectivity index (χ0) is 20.4. The van der Waals surface area contributed by atoms with E-state index < -0.39 is 11.8 Å². The molecule has 6 heteroatoms. The van der Waals surface area contributed by atoms with Gasteiger partial charge in [0.15, 0.2) is 11.5 Å². The SMILES string of the molecule is CCCCc1ccc(NC(=O)C(=O)NCCc2ccc(OC)c(OC)c2)cc1. The number of rotatable bonds is 9. The molecule has 2 amide bonds. The monoisotopic (exact) mass is 384 g/mol. The second-order valence-corrected chi connectivity index (χ2v) is 6.45. The van der Waals surface area contributed by atoms with Crippen LogP contribution in [0, 0.1) is 0 Å². The van der Waals surface area contributed by atoms with E-state index in [2.05, 4.69) is 17.6 Å². The highest BCUT2D eigenvalue weighted by Gasteiger charge is 2.13. The molecule has 2 N–H and O–H groups in total. The van der Waals surface area contributed by atoms with Crippen LogP contribution in [0.2, 0.25) is 0 Å². The van der Waals surface area contributed by atoms with Gasteiger partial charge in [0, 0.05) is 12.2 Å². The third-order valence-corrected chi connectivity index (χ3v) is 4.38. The van der Waals surface area contributed by atoms with Crippen LogP contribution in [-0.2, 0) is 22.4 Å². The highest BCUT2D eigenvalue weighted by atomic mass is 16.5. The van der Waals surface area contributed by atoms with Crippen molar-refractivity contribution in [2.75, 3.05) is 26.1 Å². The fourth-order valence-electron chi connectivity index (χ4n) is 2.76. The molecule has 0 saturated carbocycles. The highest BCUT2D eigenvalue weighted by Crippen LogP contribution is 2.27. The van der Waals surface area contributed by atoms with Gasteiger partial charge in [0.1, 0.15) is 0 Å². The summed E-state index contributed by atoms with van der Waals surface area (Å²) in [6.07, 6.45) is 3.86. The maximum Gasteiger partial charge on any atom is 0.313 e. The van der Waals surface area contributed by atoms with Crippen molar-refractivity contribution in [3.63, 3.8) is 0 Å². The first kappa shape index (κ1) is 21.3. The topological polar surface area (TPSA) is 76.7 Å². The molecule has 0 aliphatic carbocycles. The Morgan fingerprint density at radius 1 is 0.857 bits per heavy atom. The molecule has 0 fully saturated rings. The summed E-state index contributed by atoms with van der Waals surface area (Å²) < 4.78 is 10.5. The minimum atomic E-state index is -0.673. The number of aryl methyl sites for hydroxylation is 1. The summed E-state index contributed by atoms with van der Waals surface area (Å²) in [5, 5.41) is 5.25. The second kappa shape index (κ2) is 11.0. The van der Waals surface area contributed by atoms with Gasteiger partial charge in [-0.25, -0.2) is 0 Å². The molecule has 0 bridgehead atoms. The van der Waals surface area contributed by atoms with Crippen molar-refractivity contribution in [3.05, 3.63) is 53.6 Å². The van der Waals surface area contributed by atoms with E-state index in [0.717, 1.165) is 24.8 Å². The first-order chi connectivity index (χ1) is 13.6. The molecule has 0 atom stereocenters. The number of hydrogen-bond acceptors (Lipinski definition) is 4. The molecule has 28 heavy (non-hydrogen) atoms. The first-order valence-electron chi connectivity index (χ1n) is 9.46. The summed E-state index contributed by atoms with van der Waals surface area (Å²) >= 11 is 0. The average molecular weight is 384 g/mol. The fraction of sp³-hybridized carbons (Fsp3) is 0.364. The van der Waals surface area contributed by atoms with Gasteiger partial charge in [-0.3, -0.25) is 9.59 Å². The number of methoxy groups -OCH3 is 2. The number of amides is 2. The van der Waals surface area contributed by atoms with Crippen LogP contribution in [0.25, 0.3) is 0 Å². The number of hydrogen-bond donors (Lipinski definition) is 2. The summed E-state index contributed by atoms with van der Waals surface area (Å²) in [4.78, 5) is 24.0. The Labute approximate surface area is 166 Å². The van der Waals surface area contributed by atoms with Gasteiger partial charge in [-0.2, -0.15) is 0 Å². The normalized spacial score (nSPS) is 10.2. The fourth-order valence-corrected chi connectivity index (χ4v) is 2.76. The zero-order valence-corrected chi connectivity index (χ0v) is 16.7. The van der Waals surface area contributed by atoms with Crippen LogP contribution < -0.4 is 20.1 Å². The van der Waals surface area contributed by atoms with Crippen molar-refractivity contribution in [3.8, 4) is 11.5 Å². The van der Waals surface area contributed by atoms with E-state index in [9.17, 15) is 9.59 Å². The Morgan fingerprint density at radius 3 is 2.18 bits per heavy atom. The molecule has 0 saturated heterocycles. The van der Waals surface area contributed by atoms with E-state index in [1.165, 1.54) is 5.56 Å². The van der Waals surface area contributed by atoms with Gasteiger partial charge in [-0.05, 0) is 54.7 Å². The lowest BCUT2D eigenvalue weighted by Crippen LogP contribution is -2.36. The van der Waals surface area contributed by atoms with Crippen LogP contribution in [0.5, 0.6) is 11.5 Å². The van der Waals surface area contributed by atoms with Crippen LogP contribution in [0.3, 0.4) is 0 Å². The Morgan fingerprint density at radius 2 is 1.54 bits per heavy atom. The summed E-state index contributed by atoms with van der Waals surface area (Å²) in [5.41, 5.74) is 2.81. The molecule has 0 spiro atoms. The van der Waals surface area contributed by atoms with Crippen LogP contribution in [0.4, 0.5) is 5.69 Å². The number of nitrogens with one attached hydrogen (secondary N) is 2. The Bertz CT molecular complexity index is 788. The molecule has 2 aromatic carbocycles. The Balaban J connectivity index is 1.80. The van der Waals surface area contributed by atoms with Gasteiger partial charge in [-0.1, -0.05) is 31.5 Å². The van der Waals surface area contributed by atoms with Crippen LogP contribution in [0.1, 0.15) is 30.9 Å². The number of carbonyl (C=O) groups is 2. The molecular formula is C22H28N2O4. The van der Waals surface area contributed by atoms with Crippen molar-refractivity contribution in [1.29, 1.82) is 0 Å². The predicted octanol–water partition coefficient (Wildman–Crippen LogP) is 3.34. The largest absolute Gasteiger partial charge is 0.493 e. The standard InChI is InChI=1S/C22H28N2O4/c1-4-5-6-16-7-10-18(11-8-16)24-22(26)21(25)23-14-13-17-9-12-19(27-2)20(15-17)28-3/h7-12,15H,4-6,13-14H2,1-3H3,(H,23,25)(H,24,26). The maximum absolute atomic E-state index is 12.0. The minimum Gasteiger partial charge on any atom is -0.493 e. The van der Waals surface area contributed by atoms with E-state index in [4.69, 9.17) is 9.47 Å². The van der Waals surface area contributed by atoms with Crippen molar-refractivity contribution in [2.45, 2.75) is 32.6 Å². The van der Waals surface area contributed by atoms with Crippen molar-refractivity contribution < 1.29 is 19.1 Å². The van der Waals surface area contributed by atoms with Crippen LogP contribution >= 0.6 is 0 Å². The molecule has 0 aromatic heterocycles. The maximum atomic E-state index is 12.0. The van der Waals surface area contributed by atoms with E-state index in [0.29, 0.717) is 30.2 Å². The van der Waals surface area contributed by atoms with Gasteiger partial charge in [0.2, 0.25) is 0 Å². The first-order valence-corrected chi connectivity index (χ1v) is 9.46. The Kier molecular flexibility index (Phi) is 8.34. The van der Waals surface area contributed by atoms with Crippen molar-refractivity contribution in [2.24, 2.45) is 0 Å². The smallest absolute Gasteiger partial charge is 0.313 e. The summed E-state index contributed by atoms with van der Waals surface area (Å²) in [7, 11) is 3.15. The zero-order valence-electron chi connectivity index (χ0n) is 16.7. The number of unbranched alkanes of at least 4 members (excludes halogenated alkanes) is 1. The number of ether oxygens (including phenoxy) is 2. The molecule has 150 valence electrons. The molecule has 2 rings (SSSR count). The second-order valence-electron chi connectivity index (χ2n) is 6.45. The Hall–Kier alpha value is -3.02. The molecule has 2 aromatic rings. The van der Waals surface area contributed by atoms with Gasteiger partial charge < -0.3 is 20.1 Å². The van der Waals surface area contributed by atoms with Crippen molar-refractivity contribution in [1.82, 2.24) is 5.32 Å². The number of benzene rings is 2. The molecule has 0 heterocycles. The lowest BCUT2D eigenvalue weighted by atomic mass is 10.1. The van der Waals surface area contributed by atoms with Gasteiger partial charge in [-0.15, -0.1) is 0 Å². The summed E-state index contributed by atoms with van der Waals surface area (Å²) in [5.74, 6) is -0.0500.